The lowest BCUT2D eigenvalue weighted by Crippen LogP contribution is -2.53. The Morgan fingerprint density at radius 3 is 2.63 bits per heavy atom. The van der Waals surface area contributed by atoms with Gasteiger partial charge in [0.15, 0.2) is 5.78 Å². The fourth-order valence-corrected chi connectivity index (χ4v) is 3.46. The van der Waals surface area contributed by atoms with Gasteiger partial charge in [-0.1, -0.05) is 43.5 Å². The van der Waals surface area contributed by atoms with Crippen LogP contribution in [0.15, 0.2) is 24.3 Å². The van der Waals surface area contributed by atoms with E-state index in [1.165, 1.54) is 6.42 Å². The molecular formula is C16H22ClNO. The summed E-state index contributed by atoms with van der Waals surface area (Å²) in [7, 11) is 4.01. The van der Waals surface area contributed by atoms with Crippen molar-refractivity contribution in [2.24, 2.45) is 5.92 Å². The molecule has 1 aliphatic rings. The van der Waals surface area contributed by atoms with Crippen molar-refractivity contribution < 1.29 is 4.79 Å². The molecule has 0 bridgehead atoms. The average molecular weight is 280 g/mol. The zero-order valence-electron chi connectivity index (χ0n) is 11.9. The van der Waals surface area contributed by atoms with E-state index in [-0.39, 0.29) is 11.3 Å². The normalized spacial score (nSPS) is 27.5. The maximum atomic E-state index is 13.0. The number of hydrogen-bond donors (Lipinski definition) is 0. The highest BCUT2D eigenvalue weighted by molar-refractivity contribution is 6.34. The van der Waals surface area contributed by atoms with E-state index in [2.05, 4.69) is 11.8 Å². The summed E-state index contributed by atoms with van der Waals surface area (Å²) in [5, 5.41) is 0.562. The summed E-state index contributed by atoms with van der Waals surface area (Å²) in [5.41, 5.74) is 0.273. The Morgan fingerprint density at radius 2 is 2.05 bits per heavy atom. The van der Waals surface area contributed by atoms with Gasteiger partial charge in [0.25, 0.3) is 0 Å². The molecule has 19 heavy (non-hydrogen) atoms. The Kier molecular flexibility index (Phi) is 4.32. The molecule has 2 rings (SSSR count). The van der Waals surface area contributed by atoms with Gasteiger partial charge in [-0.25, -0.2) is 0 Å². The Labute approximate surface area is 120 Å². The largest absolute Gasteiger partial charge is 0.297 e. The van der Waals surface area contributed by atoms with Crippen LogP contribution in [0.4, 0.5) is 0 Å². The molecule has 1 aromatic rings. The minimum absolute atomic E-state index is 0.176. The number of ketones is 1. The molecule has 2 nitrogen and oxygen atoms in total. The number of carbonyl (C=O) groups is 1. The number of rotatable bonds is 3. The van der Waals surface area contributed by atoms with Crippen molar-refractivity contribution in [3.05, 3.63) is 34.9 Å². The third-order valence-electron chi connectivity index (χ3n) is 4.37. The Balaban J connectivity index is 2.40. The molecule has 104 valence electrons. The maximum absolute atomic E-state index is 13.0. The minimum Gasteiger partial charge on any atom is -0.297 e. The molecule has 2 unspecified atom stereocenters. The average Bonchev–Trinajstić information content (AvgIpc) is 2.38. The summed E-state index contributed by atoms with van der Waals surface area (Å²) in [5.74, 6) is 0.761. The number of Topliss-reactive ketones (excluding diaryl/α,β-unsaturated/α-hetero) is 1. The van der Waals surface area contributed by atoms with Gasteiger partial charge in [0.1, 0.15) is 0 Å². The monoisotopic (exact) mass is 279 g/mol. The van der Waals surface area contributed by atoms with Crippen molar-refractivity contribution in [1.29, 1.82) is 0 Å². The zero-order chi connectivity index (χ0) is 14.0. The second kappa shape index (κ2) is 5.64. The second-order valence-electron chi connectivity index (χ2n) is 5.94. The molecule has 0 aliphatic heterocycles. The zero-order valence-corrected chi connectivity index (χ0v) is 12.7. The number of benzene rings is 1. The van der Waals surface area contributed by atoms with Crippen LogP contribution in [0.1, 0.15) is 43.0 Å². The highest BCUT2D eigenvalue weighted by Gasteiger charge is 2.44. The van der Waals surface area contributed by atoms with Crippen LogP contribution < -0.4 is 0 Å². The van der Waals surface area contributed by atoms with E-state index >= 15 is 0 Å². The van der Waals surface area contributed by atoms with Crippen molar-refractivity contribution in [3.8, 4) is 0 Å². The Hall–Kier alpha value is -0.860. The van der Waals surface area contributed by atoms with E-state index < -0.39 is 0 Å². The first-order valence-corrected chi connectivity index (χ1v) is 7.32. The molecule has 0 saturated heterocycles. The Bertz CT molecular complexity index is 472. The molecule has 1 fully saturated rings. The SMILES string of the molecule is CC1CCCC(C(=O)c2ccccc2Cl)(N(C)C)C1. The molecule has 0 radical (unpaired) electrons. The van der Waals surface area contributed by atoms with Crippen molar-refractivity contribution in [1.82, 2.24) is 4.90 Å². The van der Waals surface area contributed by atoms with Crippen LogP contribution >= 0.6 is 11.6 Å². The van der Waals surface area contributed by atoms with E-state index in [1.807, 2.05) is 32.3 Å². The van der Waals surface area contributed by atoms with Gasteiger partial charge >= 0.3 is 0 Å². The lowest BCUT2D eigenvalue weighted by Gasteiger charge is -2.44. The number of hydrogen-bond acceptors (Lipinski definition) is 2. The van der Waals surface area contributed by atoms with Gasteiger partial charge in [0, 0.05) is 5.56 Å². The van der Waals surface area contributed by atoms with Crippen molar-refractivity contribution in [3.63, 3.8) is 0 Å². The number of carbonyl (C=O) groups excluding carboxylic acids is 1. The van der Waals surface area contributed by atoms with Gasteiger partial charge in [-0.2, -0.15) is 0 Å². The fourth-order valence-electron chi connectivity index (χ4n) is 3.24. The highest BCUT2D eigenvalue weighted by atomic mass is 35.5. The fraction of sp³-hybridized carbons (Fsp3) is 0.562. The van der Waals surface area contributed by atoms with E-state index in [0.29, 0.717) is 16.5 Å². The summed E-state index contributed by atoms with van der Waals surface area (Å²) in [6.07, 6.45) is 4.17. The number of likely N-dealkylation sites (N-methyl/N-ethyl adjacent to an activating group) is 1. The van der Waals surface area contributed by atoms with Gasteiger partial charge in [0.05, 0.1) is 10.6 Å². The van der Waals surface area contributed by atoms with Crippen LogP contribution in [0.2, 0.25) is 5.02 Å². The Morgan fingerprint density at radius 1 is 1.37 bits per heavy atom. The lowest BCUT2D eigenvalue weighted by atomic mass is 9.71. The van der Waals surface area contributed by atoms with Gasteiger partial charge in [-0.15, -0.1) is 0 Å². The summed E-state index contributed by atoms with van der Waals surface area (Å²) >= 11 is 6.20. The van der Waals surface area contributed by atoms with Crippen LogP contribution in [-0.4, -0.2) is 30.3 Å². The molecular weight excluding hydrogens is 258 g/mol. The van der Waals surface area contributed by atoms with Gasteiger partial charge in [-0.3, -0.25) is 9.69 Å². The van der Waals surface area contributed by atoms with Gasteiger partial charge < -0.3 is 0 Å². The quantitative estimate of drug-likeness (QED) is 0.779. The highest BCUT2D eigenvalue weighted by Crippen LogP contribution is 2.39. The van der Waals surface area contributed by atoms with Crippen LogP contribution in [-0.2, 0) is 0 Å². The second-order valence-corrected chi connectivity index (χ2v) is 6.34. The summed E-state index contributed by atoms with van der Waals surface area (Å²) in [6, 6.07) is 7.39. The number of nitrogens with zero attached hydrogens (tertiary/aromatic N) is 1. The maximum Gasteiger partial charge on any atom is 0.184 e. The third-order valence-corrected chi connectivity index (χ3v) is 4.70. The van der Waals surface area contributed by atoms with Crippen LogP contribution in [0.3, 0.4) is 0 Å². The van der Waals surface area contributed by atoms with Gasteiger partial charge in [-0.05, 0) is 45.0 Å². The van der Waals surface area contributed by atoms with Crippen molar-refractivity contribution in [2.45, 2.75) is 38.1 Å². The predicted molar refractivity (Wildman–Crippen MR) is 79.8 cm³/mol. The molecule has 1 aromatic carbocycles. The minimum atomic E-state index is -0.386. The van der Waals surface area contributed by atoms with Crippen LogP contribution in [0.25, 0.3) is 0 Å². The topological polar surface area (TPSA) is 20.3 Å². The molecule has 0 N–H and O–H groups in total. The van der Waals surface area contributed by atoms with Crippen LogP contribution in [0.5, 0.6) is 0 Å². The molecule has 1 saturated carbocycles. The van der Waals surface area contributed by atoms with Crippen LogP contribution in [0, 0.1) is 5.92 Å². The molecule has 0 spiro atoms. The van der Waals surface area contributed by atoms with E-state index in [9.17, 15) is 4.79 Å². The van der Waals surface area contributed by atoms with E-state index in [1.54, 1.807) is 6.07 Å². The lowest BCUT2D eigenvalue weighted by molar-refractivity contribution is 0.0486. The van der Waals surface area contributed by atoms with Crippen molar-refractivity contribution >= 4 is 17.4 Å². The van der Waals surface area contributed by atoms with E-state index in [4.69, 9.17) is 11.6 Å². The molecule has 0 amide bonds. The first-order chi connectivity index (χ1) is 8.97. The predicted octanol–water partition coefficient (Wildman–Crippen LogP) is 4.03. The smallest absolute Gasteiger partial charge is 0.184 e. The molecule has 1 aliphatic carbocycles. The van der Waals surface area contributed by atoms with Gasteiger partial charge in [0.2, 0.25) is 0 Å². The molecule has 0 aromatic heterocycles. The third kappa shape index (κ3) is 2.70. The molecule has 0 heterocycles. The first kappa shape index (κ1) is 14.5. The summed E-state index contributed by atoms with van der Waals surface area (Å²) in [4.78, 5) is 15.1. The van der Waals surface area contributed by atoms with E-state index in [0.717, 1.165) is 19.3 Å². The van der Waals surface area contributed by atoms with Crippen molar-refractivity contribution in [2.75, 3.05) is 14.1 Å². The summed E-state index contributed by atoms with van der Waals surface area (Å²) < 4.78 is 0. The molecule has 2 atom stereocenters. The summed E-state index contributed by atoms with van der Waals surface area (Å²) in [6.45, 7) is 2.23. The first-order valence-electron chi connectivity index (χ1n) is 6.94. The standard InChI is InChI=1S/C16H22ClNO/c1-12-7-6-10-16(11-12,18(2)3)15(19)13-8-4-5-9-14(13)17/h4-5,8-9,12H,6-7,10-11H2,1-3H3. The number of halogens is 1. The molecule has 3 heteroatoms.